The third kappa shape index (κ3) is 5.15. The minimum Gasteiger partial charge on any atom is -0.456 e. The molecular formula is C46H28FN3O. The van der Waals surface area contributed by atoms with Crippen LogP contribution in [0.25, 0.3) is 76.8 Å². The highest BCUT2D eigenvalue weighted by molar-refractivity contribution is 6.09. The second-order valence-corrected chi connectivity index (χ2v) is 12.9. The molecule has 0 amide bonds. The number of anilines is 3. The molecule has 0 radical (unpaired) electrons. The molecule has 2 aromatic heterocycles. The Morgan fingerprint density at radius 2 is 0.961 bits per heavy atom. The lowest BCUT2D eigenvalue weighted by atomic mass is 10.00. The Bertz CT molecular complexity index is 2930. The second kappa shape index (κ2) is 11.6. The average molecular weight is 658 g/mol. The van der Waals surface area contributed by atoms with Crippen LogP contribution in [0.4, 0.5) is 21.5 Å². The molecule has 0 aliphatic rings. The van der Waals surface area contributed by atoms with E-state index in [9.17, 15) is 4.39 Å². The van der Waals surface area contributed by atoms with Crippen molar-refractivity contribution < 1.29 is 8.81 Å². The molecule has 0 N–H and O–H groups in total. The maximum atomic E-state index is 14.0. The first-order chi connectivity index (χ1) is 25.1. The fourth-order valence-corrected chi connectivity index (χ4v) is 7.18. The van der Waals surface area contributed by atoms with Crippen molar-refractivity contribution >= 4 is 71.6 Å². The summed E-state index contributed by atoms with van der Waals surface area (Å²) in [6, 6.07) is 53.7. The Morgan fingerprint density at radius 3 is 1.67 bits per heavy atom. The van der Waals surface area contributed by atoms with E-state index in [4.69, 9.17) is 4.42 Å². The van der Waals surface area contributed by atoms with E-state index >= 15 is 0 Å². The summed E-state index contributed by atoms with van der Waals surface area (Å²) < 4.78 is 20.5. The van der Waals surface area contributed by atoms with Gasteiger partial charge in [0.1, 0.15) is 17.0 Å². The molecule has 2 heterocycles. The zero-order valence-electron chi connectivity index (χ0n) is 27.3. The topological polar surface area (TPSA) is 42.2 Å². The molecule has 0 unspecified atom stereocenters. The van der Waals surface area contributed by atoms with E-state index in [0.29, 0.717) is 0 Å². The van der Waals surface area contributed by atoms with E-state index in [1.165, 1.54) is 22.4 Å². The van der Waals surface area contributed by atoms with Crippen molar-refractivity contribution in [1.82, 2.24) is 9.97 Å². The second-order valence-electron chi connectivity index (χ2n) is 12.9. The highest BCUT2D eigenvalue weighted by Crippen LogP contribution is 2.40. The van der Waals surface area contributed by atoms with Crippen LogP contribution in [0.5, 0.6) is 0 Å². The summed E-state index contributed by atoms with van der Waals surface area (Å²) in [7, 11) is 0. The summed E-state index contributed by atoms with van der Waals surface area (Å²) >= 11 is 0. The van der Waals surface area contributed by atoms with E-state index in [1.807, 2.05) is 30.3 Å². The van der Waals surface area contributed by atoms with Crippen molar-refractivity contribution in [3.05, 3.63) is 176 Å². The molecule has 10 aromatic rings. The molecular weight excluding hydrogens is 630 g/mol. The number of benzene rings is 8. The molecule has 0 fully saturated rings. The number of nitrogens with zero attached hydrogens (tertiary/aromatic N) is 3. The fraction of sp³-hybridized carbons (Fsp3) is 0. The third-order valence-electron chi connectivity index (χ3n) is 9.77. The lowest BCUT2D eigenvalue weighted by Crippen LogP contribution is -2.09. The molecule has 10 rings (SSSR count). The molecule has 0 spiro atoms. The zero-order valence-corrected chi connectivity index (χ0v) is 27.3. The Labute approximate surface area is 292 Å². The van der Waals surface area contributed by atoms with Gasteiger partial charge in [-0.2, -0.15) is 0 Å². The standard InChI is InChI=1S/C46H28FN3O/c47-37-14-9-32-6-8-35(24-36(32)25-37)31-12-17-39(18-13-31)50(38-15-10-30(11-16-38)34-7-5-29-3-1-2-4-33(29)23-34)40-19-20-41-42-27-43-44(49-22-21-48-43)28-46(42)51-45(41)26-40/h1-28H. The lowest BCUT2D eigenvalue weighted by Gasteiger charge is -2.26. The normalized spacial score (nSPS) is 11.6. The van der Waals surface area contributed by atoms with Gasteiger partial charge in [-0.3, -0.25) is 9.97 Å². The molecule has 0 aliphatic carbocycles. The SMILES string of the molecule is Fc1ccc2ccc(-c3ccc(N(c4ccc(-c5ccc6ccccc6c5)cc4)c4ccc5c(c4)oc4cc6nccnc6cc45)cc3)cc2c1. The Balaban J connectivity index is 1.07. The first kappa shape index (κ1) is 29.1. The fourth-order valence-electron chi connectivity index (χ4n) is 7.18. The molecule has 8 aromatic carbocycles. The van der Waals surface area contributed by atoms with Gasteiger partial charge in [0, 0.05) is 52.4 Å². The molecule has 4 nitrogen and oxygen atoms in total. The van der Waals surface area contributed by atoms with Crippen molar-refractivity contribution in [2.45, 2.75) is 0 Å². The number of aromatic nitrogens is 2. The highest BCUT2D eigenvalue weighted by Gasteiger charge is 2.17. The molecule has 5 heteroatoms. The van der Waals surface area contributed by atoms with Gasteiger partial charge < -0.3 is 9.32 Å². The van der Waals surface area contributed by atoms with Crippen LogP contribution >= 0.6 is 0 Å². The van der Waals surface area contributed by atoms with Crippen LogP contribution < -0.4 is 4.90 Å². The minimum absolute atomic E-state index is 0.236. The van der Waals surface area contributed by atoms with Gasteiger partial charge in [0.05, 0.1) is 11.0 Å². The van der Waals surface area contributed by atoms with Crippen molar-refractivity contribution in [1.29, 1.82) is 0 Å². The van der Waals surface area contributed by atoms with Gasteiger partial charge >= 0.3 is 0 Å². The van der Waals surface area contributed by atoms with Gasteiger partial charge in [0.25, 0.3) is 0 Å². The van der Waals surface area contributed by atoms with Gasteiger partial charge in [-0.1, -0.05) is 78.9 Å². The van der Waals surface area contributed by atoms with Gasteiger partial charge in [0.15, 0.2) is 0 Å². The van der Waals surface area contributed by atoms with Crippen molar-refractivity contribution in [2.75, 3.05) is 4.90 Å². The van der Waals surface area contributed by atoms with E-state index in [1.54, 1.807) is 18.5 Å². The Hall–Kier alpha value is -6.85. The van der Waals surface area contributed by atoms with Gasteiger partial charge in [-0.05, 0) is 111 Å². The molecule has 0 saturated carbocycles. The van der Waals surface area contributed by atoms with Crippen molar-refractivity contribution in [3.8, 4) is 22.3 Å². The van der Waals surface area contributed by atoms with Crippen LogP contribution in [-0.2, 0) is 0 Å². The number of halogens is 1. The van der Waals surface area contributed by atoms with Gasteiger partial charge in [0.2, 0.25) is 0 Å². The summed E-state index contributed by atoms with van der Waals surface area (Å²) in [5.74, 6) is -0.236. The summed E-state index contributed by atoms with van der Waals surface area (Å²) in [5, 5.41) is 6.37. The number of furan rings is 1. The molecule has 0 aliphatic heterocycles. The first-order valence-electron chi connectivity index (χ1n) is 16.9. The van der Waals surface area contributed by atoms with Crippen LogP contribution in [0.3, 0.4) is 0 Å². The summed E-state index contributed by atoms with van der Waals surface area (Å²) in [6.07, 6.45) is 3.41. The maximum absolute atomic E-state index is 14.0. The summed E-state index contributed by atoms with van der Waals surface area (Å²) in [4.78, 5) is 11.2. The van der Waals surface area contributed by atoms with Crippen LogP contribution in [0.15, 0.2) is 175 Å². The van der Waals surface area contributed by atoms with E-state index < -0.39 is 0 Å². The van der Waals surface area contributed by atoms with Crippen LogP contribution in [0.2, 0.25) is 0 Å². The highest BCUT2D eigenvalue weighted by atomic mass is 19.1. The monoisotopic (exact) mass is 657 g/mol. The van der Waals surface area contributed by atoms with E-state index in [0.717, 1.165) is 77.5 Å². The number of hydrogen-bond acceptors (Lipinski definition) is 4. The molecule has 0 atom stereocenters. The zero-order chi connectivity index (χ0) is 33.9. The quantitative estimate of drug-likeness (QED) is 0.185. The number of fused-ring (bicyclic) bond motifs is 6. The van der Waals surface area contributed by atoms with E-state index in [2.05, 4.69) is 130 Å². The maximum Gasteiger partial charge on any atom is 0.137 e. The Kier molecular flexibility index (Phi) is 6.64. The Morgan fingerprint density at radius 1 is 0.412 bits per heavy atom. The molecule has 0 saturated heterocycles. The molecule has 240 valence electrons. The smallest absolute Gasteiger partial charge is 0.137 e. The average Bonchev–Trinajstić information content (AvgIpc) is 3.53. The predicted molar refractivity (Wildman–Crippen MR) is 207 cm³/mol. The molecule has 0 bridgehead atoms. The largest absolute Gasteiger partial charge is 0.456 e. The first-order valence-corrected chi connectivity index (χ1v) is 16.9. The van der Waals surface area contributed by atoms with E-state index in [-0.39, 0.29) is 5.82 Å². The third-order valence-corrected chi connectivity index (χ3v) is 9.77. The summed E-state index contributed by atoms with van der Waals surface area (Å²) in [5.41, 5.74) is 10.6. The van der Waals surface area contributed by atoms with Crippen LogP contribution in [0, 0.1) is 5.82 Å². The van der Waals surface area contributed by atoms with Gasteiger partial charge in [-0.25, -0.2) is 4.39 Å². The predicted octanol–water partition coefficient (Wildman–Crippen LogP) is 12.8. The van der Waals surface area contributed by atoms with Crippen molar-refractivity contribution in [3.63, 3.8) is 0 Å². The summed E-state index contributed by atoms with van der Waals surface area (Å²) in [6.45, 7) is 0. The van der Waals surface area contributed by atoms with Crippen molar-refractivity contribution in [2.24, 2.45) is 0 Å². The number of rotatable bonds is 5. The van der Waals surface area contributed by atoms with Crippen LogP contribution in [-0.4, -0.2) is 9.97 Å². The molecule has 51 heavy (non-hydrogen) atoms. The number of hydrogen-bond donors (Lipinski definition) is 0. The lowest BCUT2D eigenvalue weighted by molar-refractivity contribution is 0.630. The van der Waals surface area contributed by atoms with Gasteiger partial charge in [-0.15, -0.1) is 0 Å². The minimum atomic E-state index is -0.236. The van der Waals surface area contributed by atoms with Crippen LogP contribution in [0.1, 0.15) is 0 Å².